The summed E-state index contributed by atoms with van der Waals surface area (Å²) in [4.78, 5) is 18.6. The SMILES string of the molecule is CC(C)(O)C1CCC(NC(=O)N2CC(Oc3cccc4scnc34)C2)CC1. The van der Waals surface area contributed by atoms with E-state index < -0.39 is 5.60 Å². The number of fused-ring (bicyclic) bond motifs is 1. The van der Waals surface area contributed by atoms with Crippen LogP contribution in [0.25, 0.3) is 10.2 Å². The Morgan fingerprint density at radius 1 is 1.30 bits per heavy atom. The largest absolute Gasteiger partial charge is 0.484 e. The van der Waals surface area contributed by atoms with Crippen LogP contribution in [0.5, 0.6) is 5.75 Å². The summed E-state index contributed by atoms with van der Waals surface area (Å²) in [5, 5.41) is 13.3. The van der Waals surface area contributed by atoms with Crippen molar-refractivity contribution >= 4 is 27.6 Å². The predicted molar refractivity (Wildman–Crippen MR) is 106 cm³/mol. The van der Waals surface area contributed by atoms with Crippen LogP contribution in [-0.2, 0) is 0 Å². The van der Waals surface area contributed by atoms with E-state index in [1.807, 2.05) is 37.6 Å². The fraction of sp³-hybridized carbons (Fsp3) is 0.600. The summed E-state index contributed by atoms with van der Waals surface area (Å²) in [6.45, 7) is 4.96. The second-order valence-electron chi connectivity index (χ2n) is 8.25. The van der Waals surface area contributed by atoms with Crippen LogP contribution in [0.15, 0.2) is 23.7 Å². The Morgan fingerprint density at radius 3 is 2.74 bits per heavy atom. The number of urea groups is 1. The zero-order valence-corrected chi connectivity index (χ0v) is 16.7. The third kappa shape index (κ3) is 4.04. The van der Waals surface area contributed by atoms with Crippen molar-refractivity contribution in [2.75, 3.05) is 13.1 Å². The van der Waals surface area contributed by atoms with Crippen LogP contribution < -0.4 is 10.1 Å². The number of thiazole rings is 1. The number of nitrogens with zero attached hydrogens (tertiary/aromatic N) is 2. The van der Waals surface area contributed by atoms with E-state index in [1.165, 1.54) is 0 Å². The highest BCUT2D eigenvalue weighted by atomic mass is 32.1. The van der Waals surface area contributed by atoms with Crippen molar-refractivity contribution in [3.05, 3.63) is 23.7 Å². The summed E-state index contributed by atoms with van der Waals surface area (Å²) in [5.41, 5.74) is 2.09. The number of aliphatic hydroxyl groups is 1. The van der Waals surface area contributed by atoms with Crippen molar-refractivity contribution in [1.82, 2.24) is 15.2 Å². The molecular formula is C20H27N3O3S. The molecule has 0 unspecified atom stereocenters. The molecule has 1 saturated heterocycles. The molecule has 1 saturated carbocycles. The summed E-state index contributed by atoms with van der Waals surface area (Å²) >= 11 is 1.60. The van der Waals surface area contributed by atoms with Crippen LogP contribution in [0.2, 0.25) is 0 Å². The molecule has 0 atom stereocenters. The fourth-order valence-corrected chi connectivity index (χ4v) is 4.72. The molecule has 27 heavy (non-hydrogen) atoms. The summed E-state index contributed by atoms with van der Waals surface area (Å²) in [6, 6.07) is 6.15. The first kappa shape index (κ1) is 18.5. The van der Waals surface area contributed by atoms with Gasteiger partial charge in [-0.15, -0.1) is 11.3 Å². The number of carbonyl (C=O) groups is 1. The molecule has 1 aliphatic heterocycles. The van der Waals surface area contributed by atoms with Crippen LogP contribution in [-0.4, -0.2) is 51.9 Å². The number of likely N-dealkylation sites (tertiary alicyclic amines) is 1. The fourth-order valence-electron chi connectivity index (χ4n) is 4.02. The molecule has 2 N–H and O–H groups in total. The molecule has 2 aromatic rings. The summed E-state index contributed by atoms with van der Waals surface area (Å²) in [7, 11) is 0. The van der Waals surface area contributed by atoms with Gasteiger partial charge in [-0.2, -0.15) is 0 Å². The lowest BCUT2D eigenvalue weighted by molar-refractivity contribution is -0.00326. The average Bonchev–Trinajstić information content (AvgIpc) is 3.06. The summed E-state index contributed by atoms with van der Waals surface area (Å²) in [5.74, 6) is 1.12. The van der Waals surface area contributed by atoms with E-state index in [2.05, 4.69) is 10.3 Å². The van der Waals surface area contributed by atoms with E-state index in [-0.39, 0.29) is 18.2 Å². The van der Waals surface area contributed by atoms with Gasteiger partial charge >= 0.3 is 6.03 Å². The van der Waals surface area contributed by atoms with Gasteiger partial charge in [-0.1, -0.05) is 6.07 Å². The molecule has 1 aromatic carbocycles. The summed E-state index contributed by atoms with van der Waals surface area (Å²) in [6.07, 6.45) is 3.80. The molecule has 4 rings (SSSR count). The highest BCUT2D eigenvalue weighted by Gasteiger charge is 2.35. The molecular weight excluding hydrogens is 362 g/mol. The minimum absolute atomic E-state index is 0.00609. The quantitative estimate of drug-likeness (QED) is 0.840. The van der Waals surface area contributed by atoms with E-state index in [1.54, 1.807) is 16.2 Å². The van der Waals surface area contributed by atoms with Crippen molar-refractivity contribution in [2.45, 2.75) is 57.3 Å². The highest BCUT2D eigenvalue weighted by Crippen LogP contribution is 2.33. The average molecular weight is 390 g/mol. The molecule has 1 aromatic heterocycles. The van der Waals surface area contributed by atoms with Gasteiger partial charge in [-0.05, 0) is 57.6 Å². The van der Waals surface area contributed by atoms with Crippen LogP contribution in [0.3, 0.4) is 0 Å². The standard InChI is InChI=1S/C20H27N3O3S/c1-20(2,25)13-6-8-14(9-7-13)22-19(24)23-10-15(11-23)26-16-4-3-5-17-18(16)21-12-27-17/h3-5,12-15,25H,6-11H2,1-2H3,(H,22,24). The smallest absolute Gasteiger partial charge is 0.317 e. The van der Waals surface area contributed by atoms with Crippen LogP contribution >= 0.6 is 11.3 Å². The number of aromatic nitrogens is 1. The molecule has 2 aliphatic rings. The van der Waals surface area contributed by atoms with Crippen LogP contribution in [0.1, 0.15) is 39.5 Å². The number of para-hydroxylation sites is 1. The zero-order valence-electron chi connectivity index (χ0n) is 15.9. The minimum Gasteiger partial charge on any atom is -0.484 e. The van der Waals surface area contributed by atoms with Gasteiger partial charge in [0.1, 0.15) is 17.4 Å². The molecule has 2 fully saturated rings. The van der Waals surface area contributed by atoms with Crippen molar-refractivity contribution in [2.24, 2.45) is 5.92 Å². The highest BCUT2D eigenvalue weighted by molar-refractivity contribution is 7.16. The molecule has 2 heterocycles. The van der Waals surface area contributed by atoms with Gasteiger partial charge in [-0.3, -0.25) is 0 Å². The number of hydrogen-bond acceptors (Lipinski definition) is 5. The van der Waals surface area contributed by atoms with Gasteiger partial charge in [0.15, 0.2) is 0 Å². The number of rotatable bonds is 4. The van der Waals surface area contributed by atoms with Gasteiger partial charge in [0, 0.05) is 6.04 Å². The predicted octanol–water partition coefficient (Wildman–Crippen LogP) is 3.40. The molecule has 7 heteroatoms. The maximum absolute atomic E-state index is 12.4. The van der Waals surface area contributed by atoms with Crippen molar-refractivity contribution in [1.29, 1.82) is 0 Å². The van der Waals surface area contributed by atoms with Gasteiger partial charge in [0.25, 0.3) is 0 Å². The number of benzene rings is 1. The monoisotopic (exact) mass is 389 g/mol. The molecule has 6 nitrogen and oxygen atoms in total. The normalized spacial score (nSPS) is 23.9. The van der Waals surface area contributed by atoms with E-state index in [4.69, 9.17) is 4.74 Å². The molecule has 0 spiro atoms. The first-order valence-electron chi connectivity index (χ1n) is 9.67. The van der Waals surface area contributed by atoms with E-state index >= 15 is 0 Å². The third-order valence-electron chi connectivity index (χ3n) is 5.81. The Hall–Kier alpha value is -1.86. The van der Waals surface area contributed by atoms with E-state index in [0.29, 0.717) is 19.0 Å². The minimum atomic E-state index is -0.628. The lowest BCUT2D eigenvalue weighted by atomic mass is 9.77. The molecule has 1 aliphatic carbocycles. The van der Waals surface area contributed by atoms with Crippen molar-refractivity contribution in [3.63, 3.8) is 0 Å². The van der Waals surface area contributed by atoms with Crippen molar-refractivity contribution in [3.8, 4) is 5.75 Å². The Kier molecular flexibility index (Phi) is 4.99. The molecule has 146 valence electrons. The lowest BCUT2D eigenvalue weighted by Gasteiger charge is -2.41. The van der Waals surface area contributed by atoms with Crippen molar-refractivity contribution < 1.29 is 14.6 Å². The number of carbonyl (C=O) groups excluding carboxylic acids is 1. The maximum atomic E-state index is 12.4. The second kappa shape index (κ2) is 7.28. The third-order valence-corrected chi connectivity index (χ3v) is 6.60. The maximum Gasteiger partial charge on any atom is 0.317 e. The second-order valence-corrected chi connectivity index (χ2v) is 9.14. The van der Waals surface area contributed by atoms with E-state index in [9.17, 15) is 9.90 Å². The van der Waals surface area contributed by atoms with Gasteiger partial charge in [0.2, 0.25) is 0 Å². The van der Waals surface area contributed by atoms with Gasteiger partial charge < -0.3 is 20.1 Å². The first-order valence-corrected chi connectivity index (χ1v) is 10.5. The Labute approximate surface area is 163 Å². The van der Waals surface area contributed by atoms with Crippen LogP contribution in [0, 0.1) is 5.92 Å². The topological polar surface area (TPSA) is 74.7 Å². The van der Waals surface area contributed by atoms with E-state index in [0.717, 1.165) is 41.6 Å². The number of hydrogen-bond donors (Lipinski definition) is 2. The van der Waals surface area contributed by atoms with Gasteiger partial charge in [-0.25, -0.2) is 9.78 Å². The number of ether oxygens (including phenoxy) is 1. The van der Waals surface area contributed by atoms with Gasteiger partial charge in [0.05, 0.1) is 28.9 Å². The molecule has 2 amide bonds. The lowest BCUT2D eigenvalue weighted by Crippen LogP contribution is -2.60. The Balaban J connectivity index is 1.23. The molecule has 0 radical (unpaired) electrons. The number of nitrogens with one attached hydrogen (secondary N) is 1. The number of amides is 2. The molecule has 0 bridgehead atoms. The summed E-state index contributed by atoms with van der Waals surface area (Å²) < 4.78 is 7.15. The first-order chi connectivity index (χ1) is 12.9. The zero-order chi connectivity index (χ0) is 19.0. The van der Waals surface area contributed by atoms with Crippen LogP contribution in [0.4, 0.5) is 4.79 Å². The Morgan fingerprint density at radius 2 is 2.04 bits per heavy atom. The Bertz CT molecular complexity index is 802.